The van der Waals surface area contributed by atoms with Crippen molar-refractivity contribution >= 4 is 69.1 Å². The van der Waals surface area contributed by atoms with Crippen LogP contribution >= 0.6 is 22.7 Å². The fourth-order valence-electron chi connectivity index (χ4n) is 6.19. The maximum absolute atomic E-state index is 12.2. The van der Waals surface area contributed by atoms with Gasteiger partial charge in [-0.05, 0) is 93.9 Å². The van der Waals surface area contributed by atoms with Crippen LogP contribution in [-0.4, -0.2) is 108 Å². The Balaban J connectivity index is 0.000000334. The Kier molecular flexibility index (Phi) is 23.3. The van der Waals surface area contributed by atoms with Gasteiger partial charge in [-0.3, -0.25) is 9.59 Å². The van der Waals surface area contributed by atoms with Crippen LogP contribution in [0.2, 0.25) is 0 Å². The smallest absolute Gasteiger partial charge is 0.273 e. The number of hydrogen-bond acceptors (Lipinski definition) is 15. The summed E-state index contributed by atoms with van der Waals surface area (Å²) in [6.45, 7) is 4.31. The van der Waals surface area contributed by atoms with Crippen molar-refractivity contribution in [2.45, 2.75) is 95.0 Å². The minimum atomic E-state index is -3.44. The van der Waals surface area contributed by atoms with Crippen molar-refractivity contribution in [3.05, 3.63) is 58.5 Å². The number of nitrogens with one attached hydrogen (secondary N) is 2. The van der Waals surface area contributed by atoms with Gasteiger partial charge < -0.3 is 29.4 Å². The van der Waals surface area contributed by atoms with Crippen molar-refractivity contribution < 1.29 is 40.3 Å². The first kappa shape index (κ1) is 51.6. The maximum Gasteiger partial charge on any atom is 0.273 e. The van der Waals surface area contributed by atoms with Gasteiger partial charge in [0.25, 0.3) is 5.91 Å². The van der Waals surface area contributed by atoms with Crippen molar-refractivity contribution in [3.63, 3.8) is 0 Å². The van der Waals surface area contributed by atoms with Crippen LogP contribution < -0.4 is 20.9 Å². The van der Waals surface area contributed by atoms with E-state index in [0.717, 1.165) is 87.0 Å². The number of carbonyl (C=O) groups excluding carboxylic acids is 3. The van der Waals surface area contributed by atoms with Gasteiger partial charge in [0.2, 0.25) is 20.0 Å². The standard InChI is InChI=1S/C19H27N3O4S2.C13H14N2O3S.C5H12N2O2S.CH4.B/c20-28(24,25)15-7-5-11-22(14-15)10-4-2-1-3-8-17(23)16-13-18(26-21-16)19-9-6-12-27-19;16-7-3-1-2-6-14-13(17)10-9-11(18-15-10)12-5-4-8-19-12;6-10(8,9)5-2-1-3-7-4-5;;/h6,9,12-13,15H,1-5,7-8,10-11,14H2,(H2,20,24,25);4-5,7-9H,1-3,6H2,(H,14,17);5,7H,1-4H2,(H2,6,8,9);1H4;. The second-order valence-electron chi connectivity index (χ2n) is 13.8. The molecule has 16 nitrogen and oxygen atoms in total. The van der Waals surface area contributed by atoms with Gasteiger partial charge in [-0.15, -0.1) is 22.7 Å². The number of rotatable bonds is 18. The normalized spacial score (nSPS) is 16.8. The van der Waals surface area contributed by atoms with Gasteiger partial charge >= 0.3 is 0 Å². The van der Waals surface area contributed by atoms with E-state index in [-0.39, 0.29) is 38.5 Å². The number of hydrogen-bond donors (Lipinski definition) is 4. The molecule has 0 bridgehead atoms. The second kappa shape index (κ2) is 26.6. The zero-order chi connectivity index (χ0) is 41.1. The Morgan fingerprint density at radius 2 is 1.47 bits per heavy atom. The van der Waals surface area contributed by atoms with Crippen molar-refractivity contribution in [1.82, 2.24) is 25.8 Å². The predicted molar refractivity (Wildman–Crippen MR) is 233 cm³/mol. The molecule has 2 atom stereocenters. The van der Waals surface area contributed by atoms with Gasteiger partial charge in [-0.1, -0.05) is 42.7 Å². The number of nitrogens with two attached hydrogens (primary N) is 2. The summed E-state index contributed by atoms with van der Waals surface area (Å²) in [7, 11) is -6.73. The van der Waals surface area contributed by atoms with Gasteiger partial charge in [-0.2, -0.15) is 0 Å². The summed E-state index contributed by atoms with van der Waals surface area (Å²) in [5.74, 6) is 0.995. The fourth-order valence-corrected chi connectivity index (χ4v) is 9.30. The Hall–Kier alpha value is -3.57. The zero-order valence-electron chi connectivity index (χ0n) is 32.5. The molecule has 2 saturated heterocycles. The van der Waals surface area contributed by atoms with Crippen LogP contribution in [0, 0.1) is 0 Å². The number of ketones is 1. The minimum absolute atomic E-state index is 0. The van der Waals surface area contributed by atoms with Crippen LogP contribution in [0.1, 0.15) is 105 Å². The number of nitrogens with zero attached hydrogens (tertiary/aromatic N) is 3. The quantitative estimate of drug-likeness (QED) is 0.0441. The Morgan fingerprint density at radius 1 is 0.864 bits per heavy atom. The molecular weight excluding hydrogens is 838 g/mol. The van der Waals surface area contributed by atoms with Crippen LogP contribution in [-0.2, 0) is 24.8 Å². The molecule has 325 valence electrons. The number of likely N-dealkylation sites (tertiary alicyclic amines) is 1. The maximum atomic E-state index is 12.2. The lowest BCUT2D eigenvalue weighted by Gasteiger charge is -2.31. The lowest BCUT2D eigenvalue weighted by molar-refractivity contribution is -0.107. The number of primary sulfonamides is 2. The molecule has 6 N–H and O–H groups in total. The summed E-state index contributed by atoms with van der Waals surface area (Å²) in [6.07, 6.45) is 10.4. The molecule has 4 aromatic rings. The summed E-state index contributed by atoms with van der Waals surface area (Å²) in [5, 5.41) is 26.7. The molecule has 0 spiro atoms. The molecule has 6 heterocycles. The van der Waals surface area contributed by atoms with E-state index in [1.165, 1.54) is 11.3 Å². The molecule has 0 aromatic carbocycles. The van der Waals surface area contributed by atoms with Crippen molar-refractivity contribution in [1.29, 1.82) is 0 Å². The van der Waals surface area contributed by atoms with Crippen molar-refractivity contribution in [3.8, 4) is 21.3 Å². The number of unbranched alkanes of at least 4 members (excludes halogenated alkanes) is 5. The molecule has 2 fully saturated rings. The lowest BCUT2D eigenvalue weighted by atomic mass is 10.1. The number of piperidine rings is 2. The third kappa shape index (κ3) is 18.3. The highest BCUT2D eigenvalue weighted by Crippen LogP contribution is 2.26. The number of carbonyl (C=O) groups is 3. The largest absolute Gasteiger partial charge is 0.355 e. The van der Waals surface area contributed by atoms with Gasteiger partial charge in [0, 0.05) is 53.0 Å². The van der Waals surface area contributed by atoms with E-state index >= 15 is 0 Å². The van der Waals surface area contributed by atoms with Crippen LogP contribution in [0.25, 0.3) is 21.3 Å². The summed E-state index contributed by atoms with van der Waals surface area (Å²) < 4.78 is 54.8. The summed E-state index contributed by atoms with van der Waals surface area (Å²) >= 11 is 3.08. The van der Waals surface area contributed by atoms with Gasteiger partial charge in [-0.25, -0.2) is 27.1 Å². The van der Waals surface area contributed by atoms with E-state index in [4.69, 9.17) is 19.3 Å². The van der Waals surface area contributed by atoms with E-state index in [1.54, 1.807) is 23.5 Å². The SMILES string of the molecule is C.NS(=O)(=O)C1CCCN(CCCCCCC(=O)c2cc(-c3cccs3)on2)C1.NS(=O)(=O)C1CCCNC1.O=CCCCCNC(=O)c1cc(-c2cccs2)on1.[B]. The van der Waals surface area contributed by atoms with E-state index in [9.17, 15) is 31.2 Å². The third-order valence-electron chi connectivity index (χ3n) is 9.37. The Bertz CT molecular complexity index is 2020. The van der Waals surface area contributed by atoms with Crippen molar-refractivity contribution in [2.75, 3.05) is 39.3 Å². The first-order valence-electron chi connectivity index (χ1n) is 19.1. The highest BCUT2D eigenvalue weighted by atomic mass is 32.2. The lowest BCUT2D eigenvalue weighted by Crippen LogP contribution is -2.44. The molecule has 4 aromatic heterocycles. The molecule has 3 radical (unpaired) electrons. The number of Topliss-reactive ketones (excluding diaryl/α,β-unsaturated/α-hetero) is 1. The van der Waals surface area contributed by atoms with Gasteiger partial charge in [0.05, 0.1) is 20.3 Å². The average Bonchev–Trinajstić information content (AvgIpc) is 4.04. The molecule has 1 amide bonds. The average molecular weight is 895 g/mol. The van der Waals surface area contributed by atoms with Crippen LogP contribution in [0.4, 0.5) is 0 Å². The summed E-state index contributed by atoms with van der Waals surface area (Å²) in [5.41, 5.74) is 0.671. The molecule has 21 heteroatoms. The highest BCUT2D eigenvalue weighted by molar-refractivity contribution is 7.90. The van der Waals surface area contributed by atoms with Crippen LogP contribution in [0.5, 0.6) is 0 Å². The molecule has 0 aliphatic carbocycles. The van der Waals surface area contributed by atoms with Gasteiger partial charge in [0.15, 0.2) is 23.0 Å². The fraction of sp³-hybridized carbons (Fsp3) is 0.553. The number of aromatic nitrogens is 2. The van der Waals surface area contributed by atoms with E-state index < -0.39 is 25.3 Å². The summed E-state index contributed by atoms with van der Waals surface area (Å²) in [6, 6.07) is 11.0. The highest BCUT2D eigenvalue weighted by Gasteiger charge is 2.27. The molecule has 2 aliphatic heterocycles. The summed E-state index contributed by atoms with van der Waals surface area (Å²) in [4.78, 5) is 38.2. The second-order valence-corrected chi connectivity index (χ2v) is 19.4. The number of sulfonamides is 2. The minimum Gasteiger partial charge on any atom is -0.355 e. The van der Waals surface area contributed by atoms with E-state index in [2.05, 4.69) is 25.8 Å². The van der Waals surface area contributed by atoms with Crippen LogP contribution in [0.3, 0.4) is 0 Å². The number of aldehydes is 1. The van der Waals surface area contributed by atoms with Crippen LogP contribution in [0.15, 0.2) is 56.2 Å². The topological polar surface area (TPSA) is 251 Å². The molecular formula is C38H57BN7O9S4. The van der Waals surface area contributed by atoms with E-state index in [1.807, 2.05) is 35.0 Å². The number of amides is 1. The molecule has 59 heavy (non-hydrogen) atoms. The van der Waals surface area contributed by atoms with Gasteiger partial charge in [0.1, 0.15) is 12.0 Å². The third-order valence-corrected chi connectivity index (χ3v) is 13.8. The monoisotopic (exact) mass is 894 g/mol. The van der Waals surface area contributed by atoms with Crippen molar-refractivity contribution in [2.24, 2.45) is 10.3 Å². The Labute approximate surface area is 357 Å². The Morgan fingerprint density at radius 3 is 2.03 bits per heavy atom. The molecule has 6 rings (SSSR count). The molecule has 2 unspecified atom stereocenters. The molecule has 0 saturated carbocycles. The predicted octanol–water partition coefficient (Wildman–Crippen LogP) is 5.07. The first-order valence-corrected chi connectivity index (χ1v) is 24.1. The number of thiophene rings is 2. The van der Waals surface area contributed by atoms with E-state index in [0.29, 0.717) is 62.5 Å². The zero-order valence-corrected chi connectivity index (χ0v) is 35.7. The molecule has 2 aliphatic rings. The first-order chi connectivity index (χ1) is 27.3.